The molecule has 0 aromatic heterocycles. The van der Waals surface area contributed by atoms with Crippen molar-refractivity contribution in [3.05, 3.63) is 29.3 Å². The van der Waals surface area contributed by atoms with E-state index in [0.29, 0.717) is 6.54 Å². The van der Waals surface area contributed by atoms with Gasteiger partial charge in [0.25, 0.3) is 0 Å². The zero-order valence-electron chi connectivity index (χ0n) is 16.8. The van der Waals surface area contributed by atoms with Gasteiger partial charge in [0, 0.05) is 24.8 Å². The minimum atomic E-state index is -0.778. The van der Waals surface area contributed by atoms with E-state index in [-0.39, 0.29) is 18.5 Å². The number of likely N-dealkylation sites (N-methyl/N-ethyl adjacent to an activating group) is 1. The molecule has 0 aliphatic carbocycles. The summed E-state index contributed by atoms with van der Waals surface area (Å²) in [6.07, 6.45) is 3.59. The molecule has 0 atom stereocenters. The molecule has 27 heavy (non-hydrogen) atoms. The summed E-state index contributed by atoms with van der Waals surface area (Å²) in [7, 11) is 0. The molecule has 0 radical (unpaired) electrons. The Hall–Kier alpha value is -1.92. The Kier molecular flexibility index (Phi) is 8.25. The fraction of sp³-hybridized carbons (Fsp3) is 0.619. The summed E-state index contributed by atoms with van der Waals surface area (Å²) in [5.74, 6) is -0.748. The highest BCUT2D eigenvalue weighted by Gasteiger charge is 2.26. The third kappa shape index (κ3) is 6.04. The molecule has 1 amide bonds. The van der Waals surface area contributed by atoms with Gasteiger partial charge in [0.15, 0.2) is 0 Å². The van der Waals surface area contributed by atoms with Crippen LogP contribution in [0.1, 0.15) is 44.7 Å². The number of carboxylic acid groups (broad SMARTS) is 1. The zero-order valence-corrected chi connectivity index (χ0v) is 16.8. The number of para-hydroxylation sites is 1. The van der Waals surface area contributed by atoms with Crippen molar-refractivity contribution in [2.45, 2.75) is 52.5 Å². The van der Waals surface area contributed by atoms with Gasteiger partial charge in [-0.2, -0.15) is 0 Å². The molecule has 1 fully saturated rings. The van der Waals surface area contributed by atoms with Gasteiger partial charge in [-0.15, -0.1) is 0 Å². The number of aryl methyl sites for hydroxylation is 2. The maximum atomic E-state index is 12.6. The number of carbonyl (C=O) groups excluding carboxylic acids is 1. The lowest BCUT2D eigenvalue weighted by molar-refractivity contribution is -0.139. The molecule has 2 rings (SSSR count). The Morgan fingerprint density at radius 2 is 1.74 bits per heavy atom. The van der Waals surface area contributed by atoms with Gasteiger partial charge in [-0.05, 0) is 43.4 Å². The second-order valence-corrected chi connectivity index (χ2v) is 7.17. The van der Waals surface area contributed by atoms with Gasteiger partial charge in [-0.25, -0.2) is 0 Å². The average molecular weight is 376 g/mol. The molecular formula is C21H33N3O3. The first-order valence-electron chi connectivity index (χ1n) is 10.1. The monoisotopic (exact) mass is 375 g/mol. The van der Waals surface area contributed by atoms with Gasteiger partial charge in [0.1, 0.15) is 0 Å². The number of rotatable bonds is 9. The Bertz CT molecular complexity index is 617. The number of nitrogens with one attached hydrogen (secondary N) is 1. The molecule has 1 heterocycles. The normalized spacial score (nSPS) is 15.9. The molecule has 0 spiro atoms. The van der Waals surface area contributed by atoms with Crippen molar-refractivity contribution in [1.29, 1.82) is 0 Å². The number of hydrogen-bond acceptors (Lipinski definition) is 4. The van der Waals surface area contributed by atoms with Crippen molar-refractivity contribution in [3.63, 3.8) is 0 Å². The van der Waals surface area contributed by atoms with Gasteiger partial charge in [0.2, 0.25) is 5.91 Å². The van der Waals surface area contributed by atoms with Crippen molar-refractivity contribution >= 4 is 17.6 Å². The van der Waals surface area contributed by atoms with Gasteiger partial charge in [-0.1, -0.05) is 39.0 Å². The Balaban J connectivity index is 1.89. The van der Waals surface area contributed by atoms with Crippen molar-refractivity contribution in [3.8, 4) is 0 Å². The smallest absolute Gasteiger partial charge is 0.317 e. The van der Waals surface area contributed by atoms with Crippen LogP contribution in [0.4, 0.5) is 5.69 Å². The second-order valence-electron chi connectivity index (χ2n) is 7.17. The lowest BCUT2D eigenvalue weighted by Crippen LogP contribution is -2.48. The summed E-state index contributed by atoms with van der Waals surface area (Å²) >= 11 is 0. The van der Waals surface area contributed by atoms with E-state index in [2.05, 4.69) is 42.3 Å². The van der Waals surface area contributed by atoms with Crippen LogP contribution in [-0.2, 0) is 22.4 Å². The Morgan fingerprint density at radius 3 is 2.22 bits per heavy atom. The molecule has 1 aromatic rings. The lowest BCUT2D eigenvalue weighted by Gasteiger charge is -2.37. The molecular weight excluding hydrogens is 342 g/mol. The molecule has 6 nitrogen and oxygen atoms in total. The largest absolute Gasteiger partial charge is 0.480 e. The van der Waals surface area contributed by atoms with Gasteiger partial charge >= 0.3 is 5.97 Å². The number of piperidine rings is 1. The van der Waals surface area contributed by atoms with E-state index in [1.165, 1.54) is 11.1 Å². The number of aliphatic carboxylic acids is 1. The van der Waals surface area contributed by atoms with Crippen LogP contribution in [-0.4, -0.2) is 65.5 Å². The van der Waals surface area contributed by atoms with Crippen molar-refractivity contribution in [2.75, 3.05) is 38.0 Å². The molecule has 2 N–H and O–H groups in total. The maximum Gasteiger partial charge on any atom is 0.317 e. The third-order valence-corrected chi connectivity index (χ3v) is 5.45. The summed E-state index contributed by atoms with van der Waals surface area (Å²) < 4.78 is 0. The van der Waals surface area contributed by atoms with Crippen molar-refractivity contribution in [1.82, 2.24) is 9.80 Å². The number of nitrogens with zero attached hydrogens (tertiary/aromatic N) is 2. The number of benzene rings is 1. The summed E-state index contributed by atoms with van der Waals surface area (Å²) in [4.78, 5) is 27.8. The van der Waals surface area contributed by atoms with Crippen molar-refractivity contribution in [2.24, 2.45) is 0 Å². The summed E-state index contributed by atoms with van der Waals surface area (Å²) in [5, 5.41) is 12.2. The number of likely N-dealkylation sites (tertiary alicyclic amines) is 1. The predicted octanol–water partition coefficient (Wildman–Crippen LogP) is 2.62. The highest BCUT2D eigenvalue weighted by Crippen LogP contribution is 2.23. The van der Waals surface area contributed by atoms with Crippen LogP contribution in [0.5, 0.6) is 0 Å². The van der Waals surface area contributed by atoms with E-state index in [9.17, 15) is 9.59 Å². The van der Waals surface area contributed by atoms with Crippen molar-refractivity contribution < 1.29 is 14.7 Å². The maximum absolute atomic E-state index is 12.6. The highest BCUT2D eigenvalue weighted by molar-refractivity contribution is 5.93. The first-order valence-corrected chi connectivity index (χ1v) is 10.1. The van der Waals surface area contributed by atoms with Gasteiger partial charge in [0.05, 0.1) is 13.1 Å². The number of hydrogen-bond donors (Lipinski definition) is 2. The highest BCUT2D eigenvalue weighted by atomic mass is 16.4. The van der Waals surface area contributed by atoms with Crippen LogP contribution in [0.25, 0.3) is 0 Å². The number of carbonyl (C=O) groups is 2. The molecule has 0 saturated carbocycles. The van der Waals surface area contributed by atoms with E-state index in [1.54, 1.807) is 0 Å². The van der Waals surface area contributed by atoms with Crippen LogP contribution in [0.3, 0.4) is 0 Å². The van der Waals surface area contributed by atoms with Crippen LogP contribution in [0, 0.1) is 0 Å². The van der Waals surface area contributed by atoms with Gasteiger partial charge in [-0.3, -0.25) is 19.4 Å². The fourth-order valence-corrected chi connectivity index (χ4v) is 3.90. The molecule has 1 saturated heterocycles. The van der Waals surface area contributed by atoms with E-state index in [0.717, 1.165) is 51.0 Å². The second kappa shape index (κ2) is 10.4. The van der Waals surface area contributed by atoms with E-state index in [4.69, 9.17) is 5.11 Å². The number of amides is 1. The first-order chi connectivity index (χ1) is 13.0. The molecule has 1 aliphatic heterocycles. The summed E-state index contributed by atoms with van der Waals surface area (Å²) in [6, 6.07) is 6.48. The molecule has 6 heteroatoms. The van der Waals surface area contributed by atoms with E-state index >= 15 is 0 Å². The minimum absolute atomic E-state index is 0.0296. The molecule has 1 aliphatic rings. The lowest BCUT2D eigenvalue weighted by atomic mass is 10.0. The molecule has 0 bridgehead atoms. The summed E-state index contributed by atoms with van der Waals surface area (Å²) in [5.41, 5.74) is 3.32. The average Bonchev–Trinajstić information content (AvgIpc) is 2.66. The van der Waals surface area contributed by atoms with E-state index < -0.39 is 5.97 Å². The Morgan fingerprint density at radius 1 is 1.15 bits per heavy atom. The quantitative estimate of drug-likeness (QED) is 0.694. The van der Waals surface area contributed by atoms with Crippen LogP contribution >= 0.6 is 0 Å². The minimum Gasteiger partial charge on any atom is -0.480 e. The molecule has 1 aromatic carbocycles. The van der Waals surface area contributed by atoms with Crippen LogP contribution in [0.15, 0.2) is 18.2 Å². The van der Waals surface area contributed by atoms with Crippen LogP contribution < -0.4 is 5.32 Å². The predicted molar refractivity (Wildman–Crippen MR) is 108 cm³/mol. The topological polar surface area (TPSA) is 72.9 Å². The Labute approximate surface area is 162 Å². The summed E-state index contributed by atoms with van der Waals surface area (Å²) in [6.45, 7) is 9.07. The molecule has 0 unspecified atom stereocenters. The molecule has 150 valence electrons. The standard InChI is InChI=1S/C21H33N3O3/c1-4-16-8-7-9-17(5-2)21(16)22-19(25)14-23-12-10-18(11-13-23)24(6-3)15-20(26)27/h7-9,18H,4-6,10-15H2,1-3H3,(H,22,25)(H,26,27). The fourth-order valence-electron chi connectivity index (χ4n) is 3.90. The first kappa shape index (κ1) is 21.4. The SMILES string of the molecule is CCc1cccc(CC)c1NC(=O)CN1CCC(N(CC)CC(=O)O)CC1. The van der Waals surface area contributed by atoms with Gasteiger partial charge < -0.3 is 10.4 Å². The zero-order chi connectivity index (χ0) is 19.8. The van der Waals surface area contributed by atoms with Crippen LogP contribution in [0.2, 0.25) is 0 Å². The number of carboxylic acids is 1. The third-order valence-electron chi connectivity index (χ3n) is 5.45. The van der Waals surface area contributed by atoms with E-state index in [1.807, 2.05) is 11.8 Å². The number of anilines is 1.